The summed E-state index contributed by atoms with van der Waals surface area (Å²) in [5, 5.41) is 12.5. The van der Waals surface area contributed by atoms with Gasteiger partial charge in [0.05, 0.1) is 0 Å². The molecule has 2 nitrogen and oxygen atoms in total. The van der Waals surface area contributed by atoms with Crippen molar-refractivity contribution in [3.63, 3.8) is 0 Å². The van der Waals surface area contributed by atoms with E-state index < -0.39 is 0 Å². The number of hydrogen-bond acceptors (Lipinski definition) is 2. The van der Waals surface area contributed by atoms with Crippen LogP contribution in [0.25, 0.3) is 0 Å². The molecule has 70 valence electrons. The summed E-state index contributed by atoms with van der Waals surface area (Å²) in [6.07, 6.45) is 2.32. The van der Waals surface area contributed by atoms with Crippen LogP contribution in [-0.4, -0.2) is 18.7 Å². The topological polar surface area (TPSA) is 32.3 Å². The largest absolute Gasteiger partial charge is 0.508 e. The second-order valence-corrected chi connectivity index (χ2v) is 3.68. The summed E-state index contributed by atoms with van der Waals surface area (Å²) >= 11 is 0. The first-order valence-electron chi connectivity index (χ1n) is 4.77. The maximum atomic E-state index is 9.30. The number of phenolic OH excluding ortho intramolecular Hbond substituents is 1. The van der Waals surface area contributed by atoms with Crippen molar-refractivity contribution in [1.82, 2.24) is 5.32 Å². The third-order valence-corrected chi connectivity index (χ3v) is 2.78. The molecule has 1 aliphatic carbocycles. The molecule has 1 atom stereocenters. The van der Waals surface area contributed by atoms with Crippen LogP contribution in [0.15, 0.2) is 18.2 Å². The second-order valence-electron chi connectivity index (χ2n) is 3.68. The minimum atomic E-state index is 0.392. The Balaban J connectivity index is 2.27. The van der Waals surface area contributed by atoms with E-state index in [-0.39, 0.29) is 0 Å². The van der Waals surface area contributed by atoms with E-state index in [2.05, 4.69) is 11.4 Å². The Bertz CT molecular complexity index is 309. The molecular weight excluding hydrogens is 162 g/mol. The van der Waals surface area contributed by atoms with Gasteiger partial charge in [0.1, 0.15) is 5.75 Å². The number of aromatic hydroxyl groups is 1. The van der Waals surface area contributed by atoms with Crippen molar-refractivity contribution in [2.75, 3.05) is 13.6 Å². The van der Waals surface area contributed by atoms with Gasteiger partial charge in [-0.25, -0.2) is 0 Å². The Labute approximate surface area is 78.6 Å². The lowest BCUT2D eigenvalue weighted by atomic mass is 10.0. The molecule has 1 aromatic rings. The molecular formula is C11H15NO. The van der Waals surface area contributed by atoms with Gasteiger partial charge in [0.25, 0.3) is 0 Å². The third-order valence-electron chi connectivity index (χ3n) is 2.78. The van der Waals surface area contributed by atoms with E-state index in [1.165, 1.54) is 17.5 Å². The van der Waals surface area contributed by atoms with E-state index in [0.29, 0.717) is 11.7 Å². The molecule has 13 heavy (non-hydrogen) atoms. The van der Waals surface area contributed by atoms with Crippen molar-refractivity contribution in [3.8, 4) is 5.75 Å². The minimum absolute atomic E-state index is 0.392. The average molecular weight is 177 g/mol. The molecule has 0 saturated carbocycles. The number of benzene rings is 1. The Morgan fingerprint density at radius 3 is 3.15 bits per heavy atom. The van der Waals surface area contributed by atoms with Crippen molar-refractivity contribution in [3.05, 3.63) is 29.3 Å². The highest BCUT2D eigenvalue weighted by Crippen LogP contribution is 2.34. The normalized spacial score (nSPS) is 20.2. The Morgan fingerprint density at radius 2 is 2.38 bits per heavy atom. The van der Waals surface area contributed by atoms with Crippen molar-refractivity contribution in [2.45, 2.75) is 18.8 Å². The van der Waals surface area contributed by atoms with Crippen LogP contribution in [0.1, 0.15) is 23.5 Å². The second kappa shape index (κ2) is 3.38. The van der Waals surface area contributed by atoms with Crippen LogP contribution in [0.4, 0.5) is 0 Å². The fourth-order valence-electron chi connectivity index (χ4n) is 2.15. The first-order valence-corrected chi connectivity index (χ1v) is 4.77. The Morgan fingerprint density at radius 1 is 1.54 bits per heavy atom. The van der Waals surface area contributed by atoms with Crippen LogP contribution in [-0.2, 0) is 6.42 Å². The number of nitrogens with one attached hydrogen (secondary N) is 1. The summed E-state index contributed by atoms with van der Waals surface area (Å²) in [5.74, 6) is 1.03. The molecule has 2 heteroatoms. The SMILES string of the molecule is CNCC1CCc2cc(O)ccc21. The van der Waals surface area contributed by atoms with Crippen LogP contribution in [0.5, 0.6) is 5.75 Å². The summed E-state index contributed by atoms with van der Waals surface area (Å²) in [7, 11) is 1.98. The zero-order chi connectivity index (χ0) is 9.26. The van der Waals surface area contributed by atoms with Crippen LogP contribution >= 0.6 is 0 Å². The van der Waals surface area contributed by atoms with Gasteiger partial charge >= 0.3 is 0 Å². The van der Waals surface area contributed by atoms with E-state index in [4.69, 9.17) is 0 Å². The first-order chi connectivity index (χ1) is 6.31. The zero-order valence-corrected chi connectivity index (χ0v) is 7.88. The molecule has 0 aliphatic heterocycles. The molecule has 0 heterocycles. The molecule has 2 rings (SSSR count). The van der Waals surface area contributed by atoms with E-state index in [1.807, 2.05) is 13.1 Å². The zero-order valence-electron chi connectivity index (χ0n) is 7.88. The molecule has 0 radical (unpaired) electrons. The first kappa shape index (κ1) is 8.57. The van der Waals surface area contributed by atoms with Gasteiger partial charge in [0.15, 0.2) is 0 Å². The molecule has 0 fully saturated rings. The highest BCUT2D eigenvalue weighted by Gasteiger charge is 2.21. The number of aryl methyl sites for hydroxylation is 1. The predicted molar refractivity (Wildman–Crippen MR) is 53.1 cm³/mol. The monoisotopic (exact) mass is 177 g/mol. The lowest BCUT2D eigenvalue weighted by molar-refractivity contribution is 0.474. The lowest BCUT2D eigenvalue weighted by Crippen LogP contribution is -2.14. The standard InChI is InChI=1S/C11H15NO/c1-12-7-9-3-2-8-6-10(13)4-5-11(8)9/h4-6,9,12-13H,2-3,7H2,1H3. The van der Waals surface area contributed by atoms with Crippen LogP contribution in [0.2, 0.25) is 0 Å². The smallest absolute Gasteiger partial charge is 0.115 e. The van der Waals surface area contributed by atoms with E-state index >= 15 is 0 Å². The highest BCUT2D eigenvalue weighted by atomic mass is 16.3. The Kier molecular flexibility index (Phi) is 2.23. The minimum Gasteiger partial charge on any atom is -0.508 e. The molecule has 1 aromatic carbocycles. The molecule has 0 aromatic heterocycles. The van der Waals surface area contributed by atoms with Crippen LogP contribution < -0.4 is 5.32 Å². The predicted octanol–water partition coefficient (Wildman–Crippen LogP) is 1.64. The fourth-order valence-corrected chi connectivity index (χ4v) is 2.15. The van der Waals surface area contributed by atoms with Gasteiger partial charge in [0, 0.05) is 6.54 Å². The Hall–Kier alpha value is -1.02. The maximum Gasteiger partial charge on any atom is 0.115 e. The average Bonchev–Trinajstić information content (AvgIpc) is 2.49. The van der Waals surface area contributed by atoms with Crippen molar-refractivity contribution >= 4 is 0 Å². The van der Waals surface area contributed by atoms with Crippen molar-refractivity contribution < 1.29 is 5.11 Å². The quantitative estimate of drug-likeness (QED) is 0.719. The van der Waals surface area contributed by atoms with Gasteiger partial charge < -0.3 is 10.4 Å². The van der Waals surface area contributed by atoms with E-state index in [9.17, 15) is 5.11 Å². The fraction of sp³-hybridized carbons (Fsp3) is 0.455. The third kappa shape index (κ3) is 1.54. The molecule has 0 amide bonds. The number of likely N-dealkylation sites (N-methyl/N-ethyl adjacent to an activating group) is 1. The number of phenols is 1. The summed E-state index contributed by atoms with van der Waals surface area (Å²) in [5.41, 5.74) is 2.73. The molecule has 0 spiro atoms. The molecule has 0 bridgehead atoms. The summed E-state index contributed by atoms with van der Waals surface area (Å²) < 4.78 is 0. The molecule has 1 aliphatic rings. The van der Waals surface area contributed by atoms with Gasteiger partial charge in [-0.05, 0) is 49.1 Å². The number of fused-ring (bicyclic) bond motifs is 1. The highest BCUT2D eigenvalue weighted by molar-refractivity contribution is 5.40. The lowest BCUT2D eigenvalue weighted by Gasteiger charge is -2.10. The molecule has 2 N–H and O–H groups in total. The van der Waals surface area contributed by atoms with E-state index in [1.54, 1.807) is 6.07 Å². The number of hydrogen-bond donors (Lipinski definition) is 2. The van der Waals surface area contributed by atoms with E-state index in [0.717, 1.165) is 13.0 Å². The number of rotatable bonds is 2. The van der Waals surface area contributed by atoms with Crippen molar-refractivity contribution in [1.29, 1.82) is 0 Å². The van der Waals surface area contributed by atoms with Gasteiger partial charge in [-0.2, -0.15) is 0 Å². The van der Waals surface area contributed by atoms with Crippen LogP contribution in [0.3, 0.4) is 0 Å². The summed E-state index contributed by atoms with van der Waals surface area (Å²) in [6.45, 7) is 1.04. The summed E-state index contributed by atoms with van der Waals surface area (Å²) in [6, 6.07) is 5.73. The van der Waals surface area contributed by atoms with Gasteiger partial charge in [-0.15, -0.1) is 0 Å². The van der Waals surface area contributed by atoms with Gasteiger partial charge in [0.2, 0.25) is 0 Å². The molecule has 0 saturated heterocycles. The van der Waals surface area contributed by atoms with Crippen molar-refractivity contribution in [2.24, 2.45) is 0 Å². The van der Waals surface area contributed by atoms with Gasteiger partial charge in [-0.1, -0.05) is 6.07 Å². The van der Waals surface area contributed by atoms with Gasteiger partial charge in [-0.3, -0.25) is 0 Å². The summed E-state index contributed by atoms with van der Waals surface area (Å²) in [4.78, 5) is 0. The maximum absolute atomic E-state index is 9.30. The molecule has 1 unspecified atom stereocenters. The van der Waals surface area contributed by atoms with Crippen LogP contribution in [0, 0.1) is 0 Å².